The minimum Gasteiger partial charge on any atom is -0.381 e. The number of amides is 1. The Hall–Kier alpha value is -0.260. The second-order valence-electron chi connectivity index (χ2n) is 6.68. The van der Waals surface area contributed by atoms with Crippen molar-refractivity contribution in [2.24, 2.45) is 5.92 Å². The van der Waals surface area contributed by atoms with E-state index < -0.39 is 0 Å². The summed E-state index contributed by atoms with van der Waals surface area (Å²) >= 11 is 1.78. The van der Waals surface area contributed by atoms with Gasteiger partial charge in [0.25, 0.3) is 0 Å². The van der Waals surface area contributed by atoms with Gasteiger partial charge in [-0.25, -0.2) is 0 Å². The first-order valence-electron chi connectivity index (χ1n) is 8.91. The molecular formula is C17H32N2O2S. The van der Waals surface area contributed by atoms with Gasteiger partial charge in [0.2, 0.25) is 5.91 Å². The number of carbonyl (C=O) groups is 1. The smallest absolute Gasteiger partial charge is 0.233 e. The van der Waals surface area contributed by atoms with Gasteiger partial charge < -0.3 is 15.0 Å². The van der Waals surface area contributed by atoms with Gasteiger partial charge in [-0.1, -0.05) is 13.3 Å². The molecule has 0 saturated carbocycles. The van der Waals surface area contributed by atoms with E-state index in [2.05, 4.69) is 17.1 Å². The van der Waals surface area contributed by atoms with Crippen molar-refractivity contribution in [3.8, 4) is 0 Å². The van der Waals surface area contributed by atoms with E-state index >= 15 is 0 Å². The Morgan fingerprint density at radius 3 is 2.77 bits per heavy atom. The summed E-state index contributed by atoms with van der Waals surface area (Å²) < 4.78 is 5.45. The van der Waals surface area contributed by atoms with E-state index in [-0.39, 0.29) is 11.2 Å². The van der Waals surface area contributed by atoms with Crippen molar-refractivity contribution < 1.29 is 9.53 Å². The van der Waals surface area contributed by atoms with Gasteiger partial charge in [-0.2, -0.15) is 0 Å². The summed E-state index contributed by atoms with van der Waals surface area (Å²) in [6.45, 7) is 9.48. The molecule has 2 aliphatic heterocycles. The third kappa shape index (κ3) is 6.09. The first-order valence-corrected chi connectivity index (χ1v) is 9.96. The van der Waals surface area contributed by atoms with Crippen LogP contribution in [0.3, 0.4) is 0 Å². The fraction of sp³-hybridized carbons (Fsp3) is 0.941. The van der Waals surface area contributed by atoms with Crippen LogP contribution < -0.4 is 5.32 Å². The molecule has 2 fully saturated rings. The lowest BCUT2D eigenvalue weighted by molar-refractivity contribution is -0.121. The van der Waals surface area contributed by atoms with Gasteiger partial charge in [-0.3, -0.25) is 4.79 Å². The monoisotopic (exact) mass is 328 g/mol. The summed E-state index contributed by atoms with van der Waals surface area (Å²) in [4.78, 5) is 14.7. The highest BCUT2D eigenvalue weighted by molar-refractivity contribution is 8.00. The van der Waals surface area contributed by atoms with Crippen LogP contribution in [-0.2, 0) is 9.53 Å². The highest BCUT2D eigenvalue weighted by atomic mass is 32.2. The maximum atomic E-state index is 12.2. The standard InChI is InChI=1S/C17H32N2O2S/c1-3-4-11-22-14(2)17(20)18-16-5-8-19(9-6-16)12-15-7-10-21-13-15/h14-16H,3-13H2,1-2H3,(H,18,20)/t14-,15-/m0/s1. The first kappa shape index (κ1) is 18.1. The second-order valence-corrected chi connectivity index (χ2v) is 8.13. The summed E-state index contributed by atoms with van der Waals surface area (Å²) in [5.74, 6) is 2.04. The number of hydrogen-bond acceptors (Lipinski definition) is 4. The van der Waals surface area contributed by atoms with Gasteiger partial charge in [0.1, 0.15) is 0 Å². The van der Waals surface area contributed by atoms with E-state index in [4.69, 9.17) is 4.74 Å². The molecule has 0 unspecified atom stereocenters. The van der Waals surface area contributed by atoms with Crippen molar-refractivity contribution in [1.82, 2.24) is 10.2 Å². The molecule has 5 heteroatoms. The maximum Gasteiger partial charge on any atom is 0.233 e. The molecule has 0 aromatic carbocycles. The van der Waals surface area contributed by atoms with E-state index in [1.54, 1.807) is 11.8 Å². The van der Waals surface area contributed by atoms with Crippen LogP contribution in [-0.4, -0.2) is 60.7 Å². The Labute approximate surface area is 139 Å². The molecule has 0 bridgehead atoms. The summed E-state index contributed by atoms with van der Waals surface area (Å²) in [5.41, 5.74) is 0. The van der Waals surface area contributed by atoms with E-state index in [9.17, 15) is 4.79 Å². The predicted molar refractivity (Wildman–Crippen MR) is 93.4 cm³/mol. The Kier molecular flexibility index (Phi) is 8.04. The van der Waals surface area contributed by atoms with Crippen molar-refractivity contribution in [2.45, 2.75) is 57.2 Å². The van der Waals surface area contributed by atoms with Crippen molar-refractivity contribution >= 4 is 17.7 Å². The van der Waals surface area contributed by atoms with Gasteiger partial charge in [0.05, 0.1) is 11.9 Å². The van der Waals surface area contributed by atoms with Crippen molar-refractivity contribution in [3.05, 3.63) is 0 Å². The van der Waals surface area contributed by atoms with Crippen LogP contribution in [0.25, 0.3) is 0 Å². The average molecular weight is 329 g/mol. The lowest BCUT2D eigenvalue weighted by Crippen LogP contribution is -2.47. The van der Waals surface area contributed by atoms with E-state index in [1.807, 2.05) is 6.92 Å². The summed E-state index contributed by atoms with van der Waals surface area (Å²) in [5, 5.41) is 3.33. The molecular weight excluding hydrogens is 296 g/mol. The number of rotatable bonds is 8. The number of piperidine rings is 1. The fourth-order valence-corrected chi connectivity index (χ4v) is 4.18. The van der Waals surface area contributed by atoms with Crippen molar-refractivity contribution in [3.63, 3.8) is 0 Å². The van der Waals surface area contributed by atoms with Crippen LogP contribution in [0.4, 0.5) is 0 Å². The van der Waals surface area contributed by atoms with Crippen LogP contribution >= 0.6 is 11.8 Å². The fourth-order valence-electron chi connectivity index (χ4n) is 3.15. The van der Waals surface area contributed by atoms with Crippen LogP contribution in [0.5, 0.6) is 0 Å². The van der Waals surface area contributed by atoms with Crippen molar-refractivity contribution in [1.29, 1.82) is 0 Å². The Morgan fingerprint density at radius 1 is 1.36 bits per heavy atom. The molecule has 2 saturated heterocycles. The SMILES string of the molecule is CCCCS[C@@H](C)C(=O)NC1CCN(C[C@@H]2CCOC2)CC1. The summed E-state index contributed by atoms with van der Waals surface area (Å²) in [7, 11) is 0. The molecule has 2 rings (SSSR count). The van der Waals surface area contributed by atoms with E-state index in [0.29, 0.717) is 6.04 Å². The molecule has 0 aromatic rings. The molecule has 22 heavy (non-hydrogen) atoms. The normalized spacial score (nSPS) is 25.3. The highest BCUT2D eigenvalue weighted by Gasteiger charge is 2.25. The number of unbranched alkanes of at least 4 members (excludes halogenated alkanes) is 1. The highest BCUT2D eigenvalue weighted by Crippen LogP contribution is 2.18. The molecule has 0 spiro atoms. The van der Waals surface area contributed by atoms with Gasteiger partial charge in [-0.15, -0.1) is 11.8 Å². The lowest BCUT2D eigenvalue weighted by Gasteiger charge is -2.34. The molecule has 1 amide bonds. The summed E-state index contributed by atoms with van der Waals surface area (Å²) in [6, 6.07) is 0.373. The number of thioether (sulfide) groups is 1. The number of ether oxygens (including phenoxy) is 1. The number of likely N-dealkylation sites (tertiary alicyclic amines) is 1. The van der Waals surface area contributed by atoms with Crippen LogP contribution in [0.1, 0.15) is 46.0 Å². The zero-order chi connectivity index (χ0) is 15.8. The Balaban J connectivity index is 1.60. The molecule has 0 aliphatic carbocycles. The molecule has 4 nitrogen and oxygen atoms in total. The van der Waals surface area contributed by atoms with Gasteiger partial charge in [0.15, 0.2) is 0 Å². The average Bonchev–Trinajstić information content (AvgIpc) is 3.02. The Bertz CT molecular complexity index is 327. The minimum atomic E-state index is 0.0835. The molecule has 1 N–H and O–H groups in total. The van der Waals surface area contributed by atoms with Gasteiger partial charge >= 0.3 is 0 Å². The number of carbonyl (C=O) groups excluding carboxylic acids is 1. The zero-order valence-electron chi connectivity index (χ0n) is 14.2. The topological polar surface area (TPSA) is 41.6 Å². The lowest BCUT2D eigenvalue weighted by atomic mass is 10.0. The predicted octanol–water partition coefficient (Wildman–Crippen LogP) is 2.53. The number of nitrogens with one attached hydrogen (secondary N) is 1. The van der Waals surface area contributed by atoms with E-state index in [1.165, 1.54) is 25.8 Å². The maximum absolute atomic E-state index is 12.2. The molecule has 0 aromatic heterocycles. The molecule has 2 heterocycles. The first-order chi connectivity index (χ1) is 10.7. The quantitative estimate of drug-likeness (QED) is 0.695. The molecule has 128 valence electrons. The van der Waals surface area contributed by atoms with Gasteiger partial charge in [0, 0.05) is 32.3 Å². The summed E-state index contributed by atoms with van der Waals surface area (Å²) in [6.07, 6.45) is 5.79. The Morgan fingerprint density at radius 2 is 2.14 bits per heavy atom. The number of hydrogen-bond donors (Lipinski definition) is 1. The molecule has 0 radical (unpaired) electrons. The van der Waals surface area contributed by atoms with E-state index in [0.717, 1.165) is 50.8 Å². The minimum absolute atomic E-state index is 0.0835. The zero-order valence-corrected chi connectivity index (χ0v) is 15.0. The molecule has 2 aliphatic rings. The third-order valence-electron chi connectivity index (χ3n) is 4.71. The second kappa shape index (κ2) is 9.78. The third-order valence-corrected chi connectivity index (χ3v) is 5.95. The van der Waals surface area contributed by atoms with Crippen LogP contribution in [0, 0.1) is 5.92 Å². The van der Waals surface area contributed by atoms with Gasteiger partial charge in [-0.05, 0) is 44.3 Å². The van der Waals surface area contributed by atoms with Crippen LogP contribution in [0.15, 0.2) is 0 Å². The molecule has 2 atom stereocenters. The van der Waals surface area contributed by atoms with Crippen LogP contribution in [0.2, 0.25) is 0 Å². The number of nitrogens with zero attached hydrogens (tertiary/aromatic N) is 1. The largest absolute Gasteiger partial charge is 0.381 e. The van der Waals surface area contributed by atoms with Crippen molar-refractivity contribution in [2.75, 3.05) is 38.6 Å².